The second-order valence-electron chi connectivity index (χ2n) is 7.31. The minimum Gasteiger partial charge on any atom is -0.494 e. The van der Waals surface area contributed by atoms with Gasteiger partial charge in [0, 0.05) is 18.9 Å². The van der Waals surface area contributed by atoms with E-state index in [1.807, 2.05) is 6.92 Å². The lowest BCUT2D eigenvalue weighted by molar-refractivity contribution is -0.141. The topological polar surface area (TPSA) is 89.9 Å². The van der Waals surface area contributed by atoms with E-state index in [0.29, 0.717) is 39.5 Å². The number of halogens is 3. The molecule has 10 heteroatoms. The maximum atomic E-state index is 13.0. The summed E-state index contributed by atoms with van der Waals surface area (Å²) in [6, 6.07) is 7.74. The minimum absolute atomic E-state index is 0. The Labute approximate surface area is 188 Å². The monoisotopic (exact) mass is 455 g/mol. The van der Waals surface area contributed by atoms with Crippen molar-refractivity contribution in [2.45, 2.75) is 20.0 Å². The van der Waals surface area contributed by atoms with Crippen molar-refractivity contribution in [3.63, 3.8) is 0 Å². The molecule has 0 bridgehead atoms. The van der Waals surface area contributed by atoms with Gasteiger partial charge >= 0.3 is 6.18 Å². The van der Waals surface area contributed by atoms with Crippen molar-refractivity contribution in [1.82, 2.24) is 19.9 Å². The third-order valence-electron chi connectivity index (χ3n) is 5.01. The molecule has 170 valence electrons. The van der Waals surface area contributed by atoms with Crippen molar-refractivity contribution in [2.24, 2.45) is 0 Å². The number of ether oxygens (including phenoxy) is 1. The van der Waals surface area contributed by atoms with Crippen LogP contribution in [0.4, 0.5) is 18.9 Å². The van der Waals surface area contributed by atoms with Crippen LogP contribution in [0.5, 0.6) is 5.75 Å². The van der Waals surface area contributed by atoms with E-state index in [9.17, 15) is 18.0 Å². The number of hydrogen-bond donors (Lipinski definition) is 1. The van der Waals surface area contributed by atoms with Gasteiger partial charge in [-0.05, 0) is 55.3 Å². The van der Waals surface area contributed by atoms with Crippen LogP contribution < -0.4 is 10.1 Å². The Bertz CT molecular complexity index is 1380. The van der Waals surface area contributed by atoms with Crippen molar-refractivity contribution in [3.05, 3.63) is 71.3 Å². The van der Waals surface area contributed by atoms with Gasteiger partial charge in [-0.3, -0.25) is 9.78 Å². The van der Waals surface area contributed by atoms with Gasteiger partial charge in [-0.1, -0.05) is 0 Å². The second-order valence-corrected chi connectivity index (χ2v) is 7.31. The third kappa shape index (κ3) is 4.45. The summed E-state index contributed by atoms with van der Waals surface area (Å²) in [5.41, 5.74) is 2.10. The number of aryl methyl sites for hydroxylation is 2. The number of rotatable bonds is 4. The summed E-state index contributed by atoms with van der Waals surface area (Å²) >= 11 is 0. The van der Waals surface area contributed by atoms with E-state index in [2.05, 4.69) is 25.3 Å². The number of carbonyl (C=O) groups is 1. The van der Waals surface area contributed by atoms with Gasteiger partial charge in [0.05, 0.1) is 30.6 Å². The smallest absolute Gasteiger partial charge is 0.433 e. The van der Waals surface area contributed by atoms with Crippen LogP contribution in [0.15, 0.2) is 48.9 Å². The summed E-state index contributed by atoms with van der Waals surface area (Å²) in [6.45, 7) is 3.36. The lowest BCUT2D eigenvalue weighted by Crippen LogP contribution is -2.14. The Morgan fingerprint density at radius 2 is 1.85 bits per heavy atom. The van der Waals surface area contributed by atoms with Gasteiger partial charge in [0.25, 0.3) is 5.91 Å². The lowest BCUT2D eigenvalue weighted by Gasteiger charge is -2.12. The van der Waals surface area contributed by atoms with Crippen LogP contribution in [0.1, 0.15) is 28.6 Å². The first kappa shape index (κ1) is 22.1. The number of benzene rings is 1. The highest BCUT2D eigenvalue weighted by molar-refractivity contribution is 6.06. The van der Waals surface area contributed by atoms with Gasteiger partial charge < -0.3 is 10.1 Å². The Hall–Kier alpha value is -4.08. The number of nitrogens with one attached hydrogen (secondary N) is 1. The standard InChI is InChI=1S/C23H18F3N5O2.H2/c1-12-8-14(4-5-16(12)30-22(32)15-6-7-27-11-18(15)33-3)21-28-10-17-20(31-21)13(2)9-19(29-17)23(24,25)26;/h4-11H,1-3H3,(H,30,32);1H. The molecule has 0 saturated carbocycles. The zero-order valence-electron chi connectivity index (χ0n) is 17.9. The van der Waals surface area contributed by atoms with Crippen molar-refractivity contribution in [2.75, 3.05) is 12.4 Å². The number of carbonyl (C=O) groups excluding carboxylic acids is 1. The fourth-order valence-electron chi connectivity index (χ4n) is 3.33. The first-order valence-electron chi connectivity index (χ1n) is 9.79. The van der Waals surface area contributed by atoms with Gasteiger partial charge in [-0.25, -0.2) is 15.0 Å². The van der Waals surface area contributed by atoms with E-state index < -0.39 is 11.9 Å². The highest BCUT2D eigenvalue weighted by Gasteiger charge is 2.33. The molecule has 0 atom stereocenters. The normalized spacial score (nSPS) is 11.5. The van der Waals surface area contributed by atoms with Crippen LogP contribution in [0.3, 0.4) is 0 Å². The van der Waals surface area contributed by atoms with Gasteiger partial charge in [0.1, 0.15) is 17.0 Å². The molecule has 0 unspecified atom stereocenters. The van der Waals surface area contributed by atoms with Crippen molar-refractivity contribution in [3.8, 4) is 17.1 Å². The molecule has 0 fully saturated rings. The molecule has 0 aliphatic heterocycles. The molecular formula is C23H20F3N5O2. The predicted octanol–water partition coefficient (Wildman–Crippen LogP) is 5.23. The van der Waals surface area contributed by atoms with E-state index >= 15 is 0 Å². The fraction of sp³-hybridized carbons (Fsp3) is 0.174. The van der Waals surface area contributed by atoms with Crippen LogP contribution >= 0.6 is 0 Å². The Morgan fingerprint density at radius 3 is 2.55 bits per heavy atom. The molecule has 1 aromatic carbocycles. The summed E-state index contributed by atoms with van der Waals surface area (Å²) in [7, 11) is 1.46. The Kier molecular flexibility index (Phi) is 5.67. The number of aromatic nitrogens is 4. The number of alkyl halides is 3. The van der Waals surface area contributed by atoms with Gasteiger partial charge in [-0.2, -0.15) is 13.2 Å². The predicted molar refractivity (Wildman–Crippen MR) is 118 cm³/mol. The van der Waals surface area contributed by atoms with Gasteiger partial charge in [-0.15, -0.1) is 0 Å². The summed E-state index contributed by atoms with van der Waals surface area (Å²) in [5.74, 6) is 0.338. The molecular weight excluding hydrogens is 435 g/mol. The van der Waals surface area contributed by atoms with Crippen molar-refractivity contribution in [1.29, 1.82) is 0 Å². The summed E-state index contributed by atoms with van der Waals surface area (Å²) < 4.78 is 44.2. The molecule has 0 radical (unpaired) electrons. The summed E-state index contributed by atoms with van der Waals surface area (Å²) in [6.07, 6.45) is -0.314. The largest absolute Gasteiger partial charge is 0.494 e. The van der Waals surface area contributed by atoms with Crippen LogP contribution in [-0.2, 0) is 6.18 Å². The minimum atomic E-state index is -4.55. The average molecular weight is 455 g/mol. The SMILES string of the molecule is COc1cnccc1C(=O)Nc1ccc(-c2ncc3nc(C(F)(F)F)cc(C)c3n2)cc1C.[HH]. The van der Waals surface area contributed by atoms with Crippen molar-refractivity contribution >= 4 is 22.6 Å². The molecule has 0 aliphatic carbocycles. The van der Waals surface area contributed by atoms with E-state index in [0.717, 1.165) is 11.6 Å². The highest BCUT2D eigenvalue weighted by Crippen LogP contribution is 2.31. The zero-order chi connectivity index (χ0) is 23.8. The molecule has 3 aromatic heterocycles. The molecule has 33 heavy (non-hydrogen) atoms. The molecule has 1 amide bonds. The Balaban J connectivity index is 0.00000324. The molecule has 4 rings (SSSR count). The van der Waals surface area contributed by atoms with Gasteiger partial charge in [0.15, 0.2) is 5.82 Å². The summed E-state index contributed by atoms with van der Waals surface area (Å²) in [4.78, 5) is 28.8. The van der Waals surface area contributed by atoms with E-state index in [-0.39, 0.29) is 12.9 Å². The fourth-order valence-corrected chi connectivity index (χ4v) is 3.33. The number of nitrogens with zero attached hydrogens (tertiary/aromatic N) is 4. The van der Waals surface area contributed by atoms with E-state index in [1.165, 1.54) is 25.7 Å². The first-order valence-corrected chi connectivity index (χ1v) is 9.79. The highest BCUT2D eigenvalue weighted by atomic mass is 19.4. The van der Waals surface area contributed by atoms with E-state index in [1.54, 1.807) is 31.2 Å². The average Bonchev–Trinajstić information content (AvgIpc) is 2.79. The molecule has 3 heterocycles. The number of fused-ring (bicyclic) bond motifs is 1. The van der Waals surface area contributed by atoms with Crippen molar-refractivity contribution < 1.29 is 24.1 Å². The molecule has 4 aromatic rings. The number of methoxy groups -OCH3 is 1. The first-order chi connectivity index (χ1) is 15.7. The maximum Gasteiger partial charge on any atom is 0.433 e. The molecule has 1 N–H and O–H groups in total. The number of pyridine rings is 2. The number of anilines is 1. The third-order valence-corrected chi connectivity index (χ3v) is 5.01. The summed E-state index contributed by atoms with van der Waals surface area (Å²) in [5, 5.41) is 2.83. The number of amides is 1. The van der Waals surface area contributed by atoms with Crippen LogP contribution in [0.25, 0.3) is 22.4 Å². The molecule has 0 spiro atoms. The Morgan fingerprint density at radius 1 is 1.06 bits per heavy atom. The lowest BCUT2D eigenvalue weighted by atomic mass is 10.1. The zero-order valence-corrected chi connectivity index (χ0v) is 17.9. The molecule has 0 saturated heterocycles. The van der Waals surface area contributed by atoms with E-state index in [4.69, 9.17) is 4.74 Å². The van der Waals surface area contributed by atoms with Crippen LogP contribution in [0, 0.1) is 13.8 Å². The quantitative estimate of drug-likeness (QED) is 0.453. The second kappa shape index (κ2) is 8.45. The van der Waals surface area contributed by atoms with Crippen LogP contribution in [0.2, 0.25) is 0 Å². The molecule has 0 aliphatic rings. The molecule has 7 nitrogen and oxygen atoms in total. The van der Waals surface area contributed by atoms with Gasteiger partial charge in [0.2, 0.25) is 0 Å². The van der Waals surface area contributed by atoms with Crippen LogP contribution in [-0.4, -0.2) is 33.0 Å². The maximum absolute atomic E-state index is 13.0. The number of hydrogen-bond acceptors (Lipinski definition) is 6.